The van der Waals surface area contributed by atoms with Gasteiger partial charge in [-0.1, -0.05) is 0 Å². The summed E-state index contributed by atoms with van der Waals surface area (Å²) >= 11 is 3.17. The lowest BCUT2D eigenvalue weighted by Gasteiger charge is -2.12. The number of nitrogen functional groups attached to an aromatic ring is 1. The Morgan fingerprint density at radius 2 is 1.95 bits per heavy atom. The largest absolute Gasteiger partial charge is 0.494 e. The quantitative estimate of drug-likeness (QED) is 0.806. The van der Waals surface area contributed by atoms with Crippen molar-refractivity contribution >= 4 is 37.3 Å². The second kappa shape index (κ2) is 5.90. The van der Waals surface area contributed by atoms with Crippen LogP contribution >= 0.6 is 15.9 Å². The second-order valence-electron chi connectivity index (χ2n) is 4.13. The van der Waals surface area contributed by atoms with Gasteiger partial charge in [0.2, 0.25) is 0 Å². The van der Waals surface area contributed by atoms with E-state index in [2.05, 4.69) is 20.7 Å². The fourth-order valence-electron chi connectivity index (χ4n) is 1.63. The molecule has 0 spiro atoms. The molecule has 0 amide bonds. The summed E-state index contributed by atoms with van der Waals surface area (Å²) in [7, 11) is -2.51. The Morgan fingerprint density at radius 3 is 2.57 bits per heavy atom. The molecule has 0 heterocycles. The number of sulfonamides is 1. The Balaban J connectivity index is 2.39. The maximum absolute atomic E-state index is 13.1. The van der Waals surface area contributed by atoms with Gasteiger partial charge in [-0.05, 0) is 46.3 Å². The number of hydrogen-bond acceptors (Lipinski definition) is 4. The van der Waals surface area contributed by atoms with Gasteiger partial charge < -0.3 is 10.5 Å². The monoisotopic (exact) mass is 374 g/mol. The molecule has 2 aromatic carbocycles. The van der Waals surface area contributed by atoms with Crippen LogP contribution < -0.4 is 15.2 Å². The van der Waals surface area contributed by atoms with Gasteiger partial charge >= 0.3 is 0 Å². The van der Waals surface area contributed by atoms with Gasteiger partial charge in [-0.25, -0.2) is 12.8 Å². The molecule has 0 radical (unpaired) electrons. The van der Waals surface area contributed by atoms with Gasteiger partial charge in [0.25, 0.3) is 10.0 Å². The van der Waals surface area contributed by atoms with Gasteiger partial charge in [0, 0.05) is 16.2 Å². The third-order valence-corrected chi connectivity index (χ3v) is 4.74. The van der Waals surface area contributed by atoms with Crippen molar-refractivity contribution in [2.75, 3.05) is 17.6 Å². The zero-order valence-electron chi connectivity index (χ0n) is 10.9. The van der Waals surface area contributed by atoms with E-state index in [1.807, 2.05) is 0 Å². The summed E-state index contributed by atoms with van der Waals surface area (Å²) in [5.74, 6) is -0.432. The first-order valence-corrected chi connectivity index (χ1v) is 8.02. The molecule has 0 atom stereocenters. The van der Waals surface area contributed by atoms with E-state index in [4.69, 9.17) is 10.5 Å². The highest BCUT2D eigenvalue weighted by Gasteiger charge is 2.17. The molecule has 5 nitrogen and oxygen atoms in total. The smallest absolute Gasteiger partial charge is 0.262 e. The lowest BCUT2D eigenvalue weighted by molar-refractivity contribution is 0.413. The van der Waals surface area contributed by atoms with E-state index in [1.54, 1.807) is 0 Å². The zero-order valence-corrected chi connectivity index (χ0v) is 13.3. The van der Waals surface area contributed by atoms with Gasteiger partial charge in [-0.2, -0.15) is 0 Å². The topological polar surface area (TPSA) is 81.4 Å². The standard InChI is InChI=1S/C13H12BrFN2O3S/c1-20-13-6-8(15)2-5-12(13)17-21(18,19)9-3-4-11(16)10(14)7-9/h2-7,17H,16H2,1H3. The van der Waals surface area contributed by atoms with Crippen molar-refractivity contribution in [2.45, 2.75) is 4.90 Å². The third-order valence-electron chi connectivity index (χ3n) is 2.69. The molecule has 0 bridgehead atoms. The van der Waals surface area contributed by atoms with Gasteiger partial charge in [0.1, 0.15) is 11.6 Å². The third kappa shape index (κ3) is 3.45. The average Bonchev–Trinajstić information content (AvgIpc) is 2.43. The Hall–Kier alpha value is -1.80. The van der Waals surface area contributed by atoms with Gasteiger partial charge in [0.15, 0.2) is 0 Å². The van der Waals surface area contributed by atoms with Crippen molar-refractivity contribution in [3.05, 3.63) is 46.7 Å². The first-order valence-electron chi connectivity index (χ1n) is 5.75. The maximum atomic E-state index is 13.1. The molecule has 2 rings (SSSR count). The number of rotatable bonds is 4. The van der Waals surface area contributed by atoms with Crippen LogP contribution in [-0.4, -0.2) is 15.5 Å². The van der Waals surface area contributed by atoms with Crippen LogP contribution in [0.25, 0.3) is 0 Å². The average molecular weight is 375 g/mol. The lowest BCUT2D eigenvalue weighted by atomic mass is 10.3. The molecule has 21 heavy (non-hydrogen) atoms. The van der Waals surface area contributed by atoms with Crippen molar-refractivity contribution in [1.29, 1.82) is 0 Å². The highest BCUT2D eigenvalue weighted by atomic mass is 79.9. The molecule has 0 aliphatic rings. The summed E-state index contributed by atoms with van der Waals surface area (Å²) in [6.45, 7) is 0. The lowest BCUT2D eigenvalue weighted by Crippen LogP contribution is -2.14. The van der Waals surface area contributed by atoms with Crippen LogP contribution in [0.3, 0.4) is 0 Å². The molecule has 0 saturated heterocycles. The number of anilines is 2. The van der Waals surface area contributed by atoms with E-state index in [-0.39, 0.29) is 16.3 Å². The summed E-state index contributed by atoms with van der Waals surface area (Å²) in [6, 6.07) is 7.75. The van der Waals surface area contributed by atoms with Crippen molar-refractivity contribution in [3.63, 3.8) is 0 Å². The predicted octanol–water partition coefficient (Wildman–Crippen LogP) is 2.98. The maximum Gasteiger partial charge on any atom is 0.262 e. The van der Waals surface area contributed by atoms with E-state index in [0.29, 0.717) is 10.2 Å². The van der Waals surface area contributed by atoms with E-state index >= 15 is 0 Å². The zero-order chi connectivity index (χ0) is 15.6. The highest BCUT2D eigenvalue weighted by molar-refractivity contribution is 9.10. The normalized spacial score (nSPS) is 11.2. The van der Waals surface area contributed by atoms with Crippen molar-refractivity contribution in [3.8, 4) is 5.75 Å². The van der Waals surface area contributed by atoms with Crippen LogP contribution in [-0.2, 0) is 10.0 Å². The molecule has 0 unspecified atom stereocenters. The summed E-state index contributed by atoms with van der Waals surface area (Å²) in [5, 5.41) is 0. The van der Waals surface area contributed by atoms with Gasteiger partial charge in [-0.3, -0.25) is 4.72 Å². The van der Waals surface area contributed by atoms with Crippen LogP contribution in [0.2, 0.25) is 0 Å². The Kier molecular flexibility index (Phi) is 4.38. The van der Waals surface area contributed by atoms with Crippen LogP contribution in [0, 0.1) is 5.82 Å². The number of ether oxygens (including phenoxy) is 1. The fraction of sp³-hybridized carbons (Fsp3) is 0.0769. The minimum Gasteiger partial charge on any atom is -0.494 e. The van der Waals surface area contributed by atoms with Crippen LogP contribution in [0.15, 0.2) is 45.8 Å². The number of benzene rings is 2. The van der Waals surface area contributed by atoms with E-state index in [9.17, 15) is 12.8 Å². The molecule has 0 saturated carbocycles. The minimum atomic E-state index is -3.84. The molecular formula is C13H12BrFN2O3S. The van der Waals surface area contributed by atoms with Crippen molar-refractivity contribution < 1.29 is 17.5 Å². The Bertz CT molecular complexity index is 781. The van der Waals surface area contributed by atoms with E-state index < -0.39 is 15.8 Å². The Morgan fingerprint density at radius 1 is 1.24 bits per heavy atom. The molecule has 8 heteroatoms. The molecular weight excluding hydrogens is 363 g/mol. The number of hydrogen-bond donors (Lipinski definition) is 2. The fourth-order valence-corrected chi connectivity index (χ4v) is 3.25. The van der Waals surface area contributed by atoms with Crippen LogP contribution in [0.1, 0.15) is 0 Å². The van der Waals surface area contributed by atoms with Crippen LogP contribution in [0.4, 0.5) is 15.8 Å². The molecule has 0 aromatic heterocycles. The predicted molar refractivity (Wildman–Crippen MR) is 82.3 cm³/mol. The highest BCUT2D eigenvalue weighted by Crippen LogP contribution is 2.29. The number of nitrogens with two attached hydrogens (primary N) is 1. The molecule has 112 valence electrons. The molecule has 3 N–H and O–H groups in total. The number of methoxy groups -OCH3 is 1. The Labute approximate surface area is 130 Å². The summed E-state index contributed by atoms with van der Waals surface area (Å²) < 4.78 is 45.5. The van der Waals surface area contributed by atoms with Crippen molar-refractivity contribution in [2.24, 2.45) is 0 Å². The van der Waals surface area contributed by atoms with Gasteiger partial charge in [-0.15, -0.1) is 0 Å². The molecule has 2 aromatic rings. The van der Waals surface area contributed by atoms with Gasteiger partial charge in [0.05, 0.1) is 17.7 Å². The molecule has 0 fully saturated rings. The SMILES string of the molecule is COc1cc(F)ccc1NS(=O)(=O)c1ccc(N)c(Br)c1. The first-order chi connectivity index (χ1) is 9.83. The second-order valence-corrected chi connectivity index (χ2v) is 6.67. The summed E-state index contributed by atoms with van der Waals surface area (Å²) in [5.41, 5.74) is 6.19. The van der Waals surface area contributed by atoms with E-state index in [0.717, 1.165) is 12.1 Å². The summed E-state index contributed by atoms with van der Waals surface area (Å²) in [6.07, 6.45) is 0. The van der Waals surface area contributed by atoms with E-state index in [1.165, 1.54) is 31.4 Å². The molecule has 0 aliphatic carbocycles. The first kappa shape index (κ1) is 15.6. The summed E-state index contributed by atoms with van der Waals surface area (Å²) in [4.78, 5) is 0.0231. The minimum absolute atomic E-state index is 0.0231. The number of nitrogens with one attached hydrogen (secondary N) is 1. The van der Waals surface area contributed by atoms with Crippen LogP contribution in [0.5, 0.6) is 5.75 Å². The molecule has 0 aliphatic heterocycles. The number of halogens is 2. The van der Waals surface area contributed by atoms with Crippen molar-refractivity contribution in [1.82, 2.24) is 0 Å².